The van der Waals surface area contributed by atoms with Crippen LogP contribution >= 0.6 is 0 Å². The van der Waals surface area contributed by atoms with Gasteiger partial charge in [0.05, 0.1) is 17.9 Å². The Bertz CT molecular complexity index is 1040. The van der Waals surface area contributed by atoms with Gasteiger partial charge >= 0.3 is 0 Å². The van der Waals surface area contributed by atoms with Crippen molar-refractivity contribution in [2.24, 2.45) is 0 Å². The van der Waals surface area contributed by atoms with E-state index in [0.29, 0.717) is 16.8 Å². The predicted molar refractivity (Wildman–Crippen MR) is 105 cm³/mol. The predicted octanol–water partition coefficient (Wildman–Crippen LogP) is 4.31. The summed E-state index contributed by atoms with van der Waals surface area (Å²) in [6, 6.07) is 15.4. The molecule has 3 aromatic rings. The van der Waals surface area contributed by atoms with Crippen molar-refractivity contribution in [1.29, 1.82) is 5.26 Å². The molecule has 0 spiro atoms. The van der Waals surface area contributed by atoms with Crippen molar-refractivity contribution in [2.75, 3.05) is 0 Å². The lowest BCUT2D eigenvalue weighted by Gasteiger charge is -2.14. The zero-order valence-electron chi connectivity index (χ0n) is 15.5. The SMILES string of the molecule is Cc1ccc(C(C)NC(=O)/C(C#N)=C/c2cn[nH]c2-c2ccc(F)cc2)cc1. The maximum absolute atomic E-state index is 13.1. The summed E-state index contributed by atoms with van der Waals surface area (Å²) in [4.78, 5) is 12.6. The van der Waals surface area contributed by atoms with Gasteiger partial charge in [-0.05, 0) is 49.8 Å². The second kappa shape index (κ2) is 8.31. The second-order valence-electron chi connectivity index (χ2n) is 6.48. The van der Waals surface area contributed by atoms with Crippen LogP contribution in [0.25, 0.3) is 17.3 Å². The first kappa shape index (κ1) is 19.1. The minimum absolute atomic E-state index is 0.0382. The first-order valence-corrected chi connectivity index (χ1v) is 8.76. The van der Waals surface area contributed by atoms with E-state index in [1.54, 1.807) is 12.1 Å². The van der Waals surface area contributed by atoms with Gasteiger partial charge in [0.2, 0.25) is 0 Å². The highest BCUT2D eigenvalue weighted by atomic mass is 19.1. The zero-order valence-corrected chi connectivity index (χ0v) is 15.5. The molecule has 2 aromatic carbocycles. The van der Waals surface area contributed by atoms with Crippen molar-refractivity contribution >= 4 is 12.0 Å². The van der Waals surface area contributed by atoms with Gasteiger partial charge in [-0.2, -0.15) is 10.4 Å². The van der Waals surface area contributed by atoms with Gasteiger partial charge in [-0.1, -0.05) is 29.8 Å². The summed E-state index contributed by atoms with van der Waals surface area (Å²) in [6.07, 6.45) is 2.99. The van der Waals surface area contributed by atoms with Crippen LogP contribution in [0.4, 0.5) is 4.39 Å². The number of rotatable bonds is 5. The van der Waals surface area contributed by atoms with Gasteiger partial charge in [0.1, 0.15) is 17.5 Å². The van der Waals surface area contributed by atoms with E-state index in [1.165, 1.54) is 24.4 Å². The number of nitriles is 1. The molecule has 5 nitrogen and oxygen atoms in total. The number of carbonyl (C=O) groups is 1. The largest absolute Gasteiger partial charge is 0.345 e. The highest BCUT2D eigenvalue weighted by molar-refractivity contribution is 6.02. The van der Waals surface area contributed by atoms with Crippen LogP contribution in [0.3, 0.4) is 0 Å². The van der Waals surface area contributed by atoms with Gasteiger partial charge in [-0.25, -0.2) is 4.39 Å². The second-order valence-corrected chi connectivity index (χ2v) is 6.48. The molecule has 1 heterocycles. The molecule has 0 radical (unpaired) electrons. The number of halogens is 1. The standard InChI is InChI=1S/C22H19FN4O/c1-14-3-5-16(6-4-14)15(2)26-22(28)18(12-24)11-19-13-25-27-21(19)17-7-9-20(23)10-8-17/h3-11,13,15H,1-2H3,(H,25,27)(H,26,28)/b18-11+. The van der Waals surface area contributed by atoms with Crippen molar-refractivity contribution < 1.29 is 9.18 Å². The highest BCUT2D eigenvalue weighted by Crippen LogP contribution is 2.23. The minimum atomic E-state index is -0.471. The molecule has 140 valence electrons. The zero-order chi connectivity index (χ0) is 20.1. The van der Waals surface area contributed by atoms with E-state index in [1.807, 2.05) is 44.2 Å². The molecule has 1 aromatic heterocycles. The van der Waals surface area contributed by atoms with E-state index in [4.69, 9.17) is 0 Å². The van der Waals surface area contributed by atoms with Crippen LogP contribution in [0.1, 0.15) is 29.7 Å². The van der Waals surface area contributed by atoms with Gasteiger partial charge in [0.25, 0.3) is 5.91 Å². The molecule has 0 aliphatic rings. The number of hydrogen-bond acceptors (Lipinski definition) is 3. The molecule has 0 aliphatic heterocycles. The molecule has 0 bridgehead atoms. The Labute approximate surface area is 162 Å². The molecule has 0 aliphatic carbocycles. The van der Waals surface area contributed by atoms with Crippen LogP contribution in [0.15, 0.2) is 60.3 Å². The van der Waals surface area contributed by atoms with Crippen molar-refractivity contribution in [1.82, 2.24) is 15.5 Å². The third kappa shape index (κ3) is 4.33. The monoisotopic (exact) mass is 374 g/mol. The van der Waals surface area contributed by atoms with Crippen LogP contribution in [0, 0.1) is 24.1 Å². The van der Waals surface area contributed by atoms with Crippen molar-refractivity contribution in [2.45, 2.75) is 19.9 Å². The average molecular weight is 374 g/mol. The van der Waals surface area contributed by atoms with E-state index in [-0.39, 0.29) is 17.4 Å². The number of aryl methyl sites for hydroxylation is 1. The van der Waals surface area contributed by atoms with Crippen molar-refractivity contribution in [3.05, 3.63) is 82.8 Å². The van der Waals surface area contributed by atoms with Crippen LogP contribution in [0.5, 0.6) is 0 Å². The number of H-pyrrole nitrogens is 1. The summed E-state index contributed by atoms with van der Waals surface area (Å²) >= 11 is 0. The van der Waals surface area contributed by atoms with Crippen LogP contribution in [-0.2, 0) is 4.79 Å². The average Bonchev–Trinajstić information content (AvgIpc) is 3.15. The van der Waals surface area contributed by atoms with Gasteiger partial charge in [0, 0.05) is 11.1 Å². The number of aromatic amines is 1. The Balaban J connectivity index is 1.81. The van der Waals surface area contributed by atoms with Gasteiger partial charge in [-0.15, -0.1) is 0 Å². The molecule has 6 heteroatoms. The molecule has 1 atom stereocenters. The topological polar surface area (TPSA) is 81.6 Å². The fraction of sp³-hybridized carbons (Fsp3) is 0.136. The molecule has 1 amide bonds. The van der Waals surface area contributed by atoms with E-state index < -0.39 is 5.91 Å². The normalized spacial score (nSPS) is 12.3. The fourth-order valence-corrected chi connectivity index (χ4v) is 2.77. The Morgan fingerprint density at radius 1 is 1.21 bits per heavy atom. The fourth-order valence-electron chi connectivity index (χ4n) is 2.77. The van der Waals surface area contributed by atoms with E-state index in [9.17, 15) is 14.4 Å². The first-order valence-electron chi connectivity index (χ1n) is 8.76. The summed E-state index contributed by atoms with van der Waals surface area (Å²) in [5.74, 6) is -0.815. The lowest BCUT2D eigenvalue weighted by atomic mass is 10.0. The Morgan fingerprint density at radius 2 is 1.89 bits per heavy atom. The summed E-state index contributed by atoms with van der Waals surface area (Å²) in [5, 5.41) is 19.1. The summed E-state index contributed by atoms with van der Waals surface area (Å²) in [7, 11) is 0. The van der Waals surface area contributed by atoms with Gasteiger partial charge in [-0.3, -0.25) is 9.89 Å². The van der Waals surface area contributed by atoms with Crippen LogP contribution < -0.4 is 5.32 Å². The molecular formula is C22H19FN4O. The highest BCUT2D eigenvalue weighted by Gasteiger charge is 2.15. The molecular weight excluding hydrogens is 355 g/mol. The summed E-state index contributed by atoms with van der Waals surface area (Å²) < 4.78 is 13.1. The van der Waals surface area contributed by atoms with Crippen molar-refractivity contribution in [3.8, 4) is 17.3 Å². The molecule has 2 N–H and O–H groups in total. The third-order valence-electron chi connectivity index (χ3n) is 4.39. The maximum Gasteiger partial charge on any atom is 0.262 e. The Morgan fingerprint density at radius 3 is 2.54 bits per heavy atom. The molecule has 28 heavy (non-hydrogen) atoms. The van der Waals surface area contributed by atoms with Gasteiger partial charge < -0.3 is 5.32 Å². The minimum Gasteiger partial charge on any atom is -0.345 e. The smallest absolute Gasteiger partial charge is 0.262 e. The maximum atomic E-state index is 13.1. The number of carbonyl (C=O) groups excluding carboxylic acids is 1. The quantitative estimate of drug-likeness (QED) is 0.516. The molecule has 0 saturated heterocycles. The van der Waals surface area contributed by atoms with E-state index >= 15 is 0 Å². The third-order valence-corrected chi connectivity index (χ3v) is 4.39. The van der Waals surface area contributed by atoms with Crippen LogP contribution in [-0.4, -0.2) is 16.1 Å². The van der Waals surface area contributed by atoms with Crippen molar-refractivity contribution in [3.63, 3.8) is 0 Å². The number of hydrogen-bond donors (Lipinski definition) is 2. The first-order chi connectivity index (χ1) is 13.5. The molecule has 3 rings (SSSR count). The van der Waals surface area contributed by atoms with Crippen LogP contribution in [0.2, 0.25) is 0 Å². The van der Waals surface area contributed by atoms with E-state index in [0.717, 1.165) is 11.1 Å². The van der Waals surface area contributed by atoms with E-state index in [2.05, 4.69) is 15.5 Å². The molecule has 0 saturated carbocycles. The lowest BCUT2D eigenvalue weighted by Crippen LogP contribution is -2.27. The molecule has 0 fully saturated rings. The number of amides is 1. The number of nitrogens with zero attached hydrogens (tertiary/aromatic N) is 2. The lowest BCUT2D eigenvalue weighted by molar-refractivity contribution is -0.117. The number of aromatic nitrogens is 2. The summed E-state index contributed by atoms with van der Waals surface area (Å²) in [5.41, 5.74) is 3.92. The Kier molecular flexibility index (Phi) is 5.66. The molecule has 1 unspecified atom stereocenters. The summed E-state index contributed by atoms with van der Waals surface area (Å²) in [6.45, 7) is 3.85. The number of benzene rings is 2. The van der Waals surface area contributed by atoms with Gasteiger partial charge in [0.15, 0.2) is 0 Å². The number of nitrogens with one attached hydrogen (secondary N) is 2. The Hall–Kier alpha value is -3.72.